The molecule has 2 N–H and O–H groups in total. The van der Waals surface area contributed by atoms with E-state index in [9.17, 15) is 18.3 Å². The second kappa shape index (κ2) is 7.78. The average molecular weight is 413 g/mol. The number of sulfonamides is 1. The molecule has 1 saturated heterocycles. The largest absolute Gasteiger partial charge is 0.478 e. The van der Waals surface area contributed by atoms with Gasteiger partial charge < -0.3 is 15.2 Å². The fourth-order valence-corrected chi connectivity index (χ4v) is 4.80. The lowest BCUT2D eigenvalue weighted by atomic mass is 10.1. The van der Waals surface area contributed by atoms with Crippen molar-refractivity contribution in [3.63, 3.8) is 0 Å². The number of aromatic carboxylic acids is 1. The van der Waals surface area contributed by atoms with Gasteiger partial charge >= 0.3 is 5.97 Å². The molecule has 4 rings (SSSR count). The number of nitrogens with zero attached hydrogens (tertiary/aromatic N) is 2. The number of ether oxygens (including phenoxy) is 1. The van der Waals surface area contributed by atoms with Crippen LogP contribution in [-0.4, -0.2) is 55.1 Å². The Bertz CT molecular complexity index is 1170. The van der Waals surface area contributed by atoms with Gasteiger partial charge in [-0.05, 0) is 18.2 Å². The summed E-state index contributed by atoms with van der Waals surface area (Å²) in [6, 6.07) is 13.5. The number of carboxylic acid groups (broad SMARTS) is 1. The molecule has 150 valence electrons. The number of rotatable bonds is 5. The summed E-state index contributed by atoms with van der Waals surface area (Å²) in [5.74, 6) is -1.11. The first-order valence-corrected chi connectivity index (χ1v) is 10.5. The molecule has 0 aliphatic carbocycles. The van der Waals surface area contributed by atoms with Crippen LogP contribution in [0.2, 0.25) is 0 Å². The molecular formula is C20H19N3O5S. The van der Waals surface area contributed by atoms with Crippen molar-refractivity contribution < 1.29 is 23.1 Å². The predicted molar refractivity (Wildman–Crippen MR) is 108 cm³/mol. The van der Waals surface area contributed by atoms with Crippen molar-refractivity contribution in [1.29, 1.82) is 0 Å². The highest BCUT2D eigenvalue weighted by Gasteiger charge is 2.30. The molecule has 0 atom stereocenters. The van der Waals surface area contributed by atoms with Crippen molar-refractivity contribution in [1.82, 2.24) is 9.29 Å². The lowest BCUT2D eigenvalue weighted by molar-refractivity contribution is 0.0698. The lowest BCUT2D eigenvalue weighted by Crippen LogP contribution is -2.40. The van der Waals surface area contributed by atoms with Crippen molar-refractivity contribution in [2.45, 2.75) is 4.90 Å². The van der Waals surface area contributed by atoms with Crippen LogP contribution in [0.3, 0.4) is 0 Å². The Morgan fingerprint density at radius 1 is 1.07 bits per heavy atom. The number of benzene rings is 2. The Kier molecular flexibility index (Phi) is 5.18. The van der Waals surface area contributed by atoms with Crippen LogP contribution in [0, 0.1) is 0 Å². The van der Waals surface area contributed by atoms with Gasteiger partial charge in [-0.3, -0.25) is 4.98 Å². The first-order valence-electron chi connectivity index (χ1n) is 9.03. The highest BCUT2D eigenvalue weighted by atomic mass is 32.2. The average Bonchev–Trinajstić information content (AvgIpc) is 2.74. The Morgan fingerprint density at radius 3 is 2.52 bits per heavy atom. The van der Waals surface area contributed by atoms with Gasteiger partial charge in [-0.1, -0.05) is 30.3 Å². The van der Waals surface area contributed by atoms with E-state index in [4.69, 9.17) is 4.74 Å². The zero-order valence-electron chi connectivity index (χ0n) is 15.4. The standard InChI is InChI=1S/C20H19N3O5S/c24-20(25)15-6-2-4-8-17(15)22-19-14-5-1-3-7-16(14)21-13-18(19)29(26,27)23-9-11-28-12-10-23/h1-8,13H,9-12H2,(H,21,22)(H,24,25). The molecule has 1 fully saturated rings. The summed E-state index contributed by atoms with van der Waals surface area (Å²) in [7, 11) is -3.86. The van der Waals surface area contributed by atoms with Gasteiger partial charge in [0, 0.05) is 24.7 Å². The summed E-state index contributed by atoms with van der Waals surface area (Å²) in [6.45, 7) is 1.15. The number of anilines is 2. The van der Waals surface area contributed by atoms with Crippen molar-refractivity contribution >= 4 is 38.3 Å². The van der Waals surface area contributed by atoms with E-state index < -0.39 is 16.0 Å². The maximum Gasteiger partial charge on any atom is 0.337 e. The van der Waals surface area contributed by atoms with Crippen molar-refractivity contribution in [2.75, 3.05) is 31.6 Å². The highest BCUT2D eigenvalue weighted by molar-refractivity contribution is 7.89. The Hall–Kier alpha value is -3.01. The molecule has 0 amide bonds. The predicted octanol–water partition coefficient (Wildman–Crippen LogP) is 2.70. The minimum atomic E-state index is -3.86. The van der Waals surface area contributed by atoms with Crippen molar-refractivity contribution in [3.05, 3.63) is 60.3 Å². The molecule has 0 unspecified atom stereocenters. The zero-order chi connectivity index (χ0) is 20.4. The van der Waals surface area contributed by atoms with Crippen LogP contribution in [0.15, 0.2) is 59.6 Å². The van der Waals surface area contributed by atoms with E-state index in [-0.39, 0.29) is 23.5 Å². The van der Waals surface area contributed by atoms with Crippen LogP contribution >= 0.6 is 0 Å². The van der Waals surface area contributed by atoms with Gasteiger partial charge in [-0.15, -0.1) is 0 Å². The Labute approximate surface area is 167 Å². The second-order valence-electron chi connectivity index (χ2n) is 6.51. The van der Waals surface area contributed by atoms with Gasteiger partial charge in [0.1, 0.15) is 4.90 Å². The van der Waals surface area contributed by atoms with E-state index in [1.54, 1.807) is 42.5 Å². The van der Waals surface area contributed by atoms with E-state index in [0.717, 1.165) is 0 Å². The number of fused-ring (bicyclic) bond motifs is 1. The summed E-state index contributed by atoms with van der Waals surface area (Å²) >= 11 is 0. The van der Waals surface area contributed by atoms with Gasteiger partial charge in [0.15, 0.2) is 0 Å². The van der Waals surface area contributed by atoms with Crippen LogP contribution in [0.5, 0.6) is 0 Å². The number of hydrogen-bond donors (Lipinski definition) is 2. The minimum Gasteiger partial charge on any atom is -0.478 e. The van der Waals surface area contributed by atoms with Gasteiger partial charge in [-0.25, -0.2) is 13.2 Å². The van der Waals surface area contributed by atoms with Crippen molar-refractivity contribution in [3.8, 4) is 0 Å². The normalized spacial score (nSPS) is 15.3. The number of carbonyl (C=O) groups is 1. The SMILES string of the molecule is O=C(O)c1ccccc1Nc1c(S(=O)(=O)N2CCOCC2)cnc2ccccc12. The van der Waals surface area contributed by atoms with E-state index >= 15 is 0 Å². The van der Waals surface area contributed by atoms with Gasteiger partial charge in [0.25, 0.3) is 0 Å². The molecule has 2 heterocycles. The van der Waals surface area contributed by atoms with Crippen molar-refractivity contribution in [2.24, 2.45) is 0 Å². The summed E-state index contributed by atoms with van der Waals surface area (Å²) < 4.78 is 33.3. The lowest BCUT2D eigenvalue weighted by Gasteiger charge is -2.27. The molecule has 0 radical (unpaired) electrons. The first kappa shape index (κ1) is 19.3. The molecule has 3 aromatic rings. The van der Waals surface area contributed by atoms with Crippen LogP contribution in [0.4, 0.5) is 11.4 Å². The third-order valence-electron chi connectivity index (χ3n) is 4.75. The van der Waals surface area contributed by atoms with E-state index in [0.29, 0.717) is 35.5 Å². The zero-order valence-corrected chi connectivity index (χ0v) is 16.2. The number of para-hydroxylation sites is 2. The molecular weight excluding hydrogens is 394 g/mol. The molecule has 2 aromatic carbocycles. The third kappa shape index (κ3) is 3.67. The van der Waals surface area contributed by atoms with Gasteiger partial charge in [-0.2, -0.15) is 4.31 Å². The molecule has 0 bridgehead atoms. The number of carboxylic acids is 1. The molecule has 1 aliphatic rings. The number of morpholine rings is 1. The fraction of sp³-hybridized carbons (Fsp3) is 0.200. The molecule has 29 heavy (non-hydrogen) atoms. The monoisotopic (exact) mass is 413 g/mol. The van der Waals surface area contributed by atoms with E-state index in [1.165, 1.54) is 16.6 Å². The smallest absolute Gasteiger partial charge is 0.337 e. The topological polar surface area (TPSA) is 109 Å². The van der Waals surface area contributed by atoms with Crippen LogP contribution in [-0.2, 0) is 14.8 Å². The Balaban J connectivity index is 1.90. The van der Waals surface area contributed by atoms with Gasteiger partial charge in [0.2, 0.25) is 10.0 Å². The minimum absolute atomic E-state index is 0.00158. The maximum absolute atomic E-state index is 13.3. The fourth-order valence-electron chi connectivity index (χ4n) is 3.29. The molecule has 1 aromatic heterocycles. The third-order valence-corrected chi connectivity index (χ3v) is 6.66. The molecule has 9 heteroatoms. The summed E-state index contributed by atoms with van der Waals surface area (Å²) in [4.78, 5) is 15.9. The first-order chi connectivity index (χ1) is 14.0. The van der Waals surface area contributed by atoms with E-state index in [1.807, 2.05) is 0 Å². The van der Waals surface area contributed by atoms with E-state index in [2.05, 4.69) is 10.3 Å². The Morgan fingerprint density at radius 2 is 1.76 bits per heavy atom. The number of nitrogens with one attached hydrogen (secondary N) is 1. The molecule has 1 aliphatic heterocycles. The number of pyridine rings is 1. The highest BCUT2D eigenvalue weighted by Crippen LogP contribution is 2.34. The number of hydrogen-bond acceptors (Lipinski definition) is 6. The quantitative estimate of drug-likeness (QED) is 0.662. The molecule has 8 nitrogen and oxygen atoms in total. The van der Waals surface area contributed by atoms with Crippen LogP contribution in [0.1, 0.15) is 10.4 Å². The summed E-state index contributed by atoms with van der Waals surface area (Å²) in [5, 5.41) is 13.1. The molecule has 0 spiro atoms. The van der Waals surface area contributed by atoms with Crippen LogP contribution in [0.25, 0.3) is 10.9 Å². The summed E-state index contributed by atoms with van der Waals surface area (Å²) in [5.41, 5.74) is 1.25. The molecule has 0 saturated carbocycles. The second-order valence-corrected chi connectivity index (χ2v) is 8.41. The number of aromatic nitrogens is 1. The maximum atomic E-state index is 13.3. The summed E-state index contributed by atoms with van der Waals surface area (Å²) in [6.07, 6.45) is 1.32. The van der Waals surface area contributed by atoms with Gasteiger partial charge in [0.05, 0.1) is 35.7 Å². The van der Waals surface area contributed by atoms with Crippen LogP contribution < -0.4 is 5.32 Å².